The van der Waals surface area contributed by atoms with E-state index >= 15 is 0 Å². The minimum Gasteiger partial charge on any atom is -0.462 e. The minimum atomic E-state index is -0.638. The molecule has 1 fully saturated rings. The molecular formula is C29H28ClN3O4S. The highest BCUT2D eigenvalue weighted by molar-refractivity contribution is 8.15. The molecule has 3 aromatic carbocycles. The van der Waals surface area contributed by atoms with Gasteiger partial charge in [-0.25, -0.2) is 9.79 Å². The smallest absolute Gasteiger partial charge is 0.338 e. The molecule has 0 aliphatic carbocycles. The maximum atomic E-state index is 13.2. The van der Waals surface area contributed by atoms with E-state index in [0.29, 0.717) is 40.3 Å². The highest BCUT2D eigenvalue weighted by Gasteiger charge is 2.35. The number of carbonyl (C=O) groups excluding carboxylic acids is 3. The van der Waals surface area contributed by atoms with Crippen LogP contribution in [0.1, 0.15) is 35.7 Å². The van der Waals surface area contributed by atoms with Crippen molar-refractivity contribution in [3.05, 3.63) is 95.0 Å². The number of thioether (sulfide) groups is 1. The fourth-order valence-corrected chi connectivity index (χ4v) is 5.15. The fourth-order valence-electron chi connectivity index (χ4n) is 3.90. The summed E-state index contributed by atoms with van der Waals surface area (Å²) < 4.78 is 5.04. The van der Waals surface area contributed by atoms with Gasteiger partial charge in [-0.1, -0.05) is 53.7 Å². The van der Waals surface area contributed by atoms with Gasteiger partial charge < -0.3 is 10.1 Å². The number of amidine groups is 1. The third-order valence-corrected chi connectivity index (χ3v) is 7.28. The Kier molecular flexibility index (Phi) is 9.56. The van der Waals surface area contributed by atoms with Crippen LogP contribution in [0.15, 0.2) is 83.9 Å². The molecule has 9 heteroatoms. The van der Waals surface area contributed by atoms with Gasteiger partial charge in [-0.15, -0.1) is 0 Å². The lowest BCUT2D eigenvalue weighted by molar-refractivity contribution is -0.129. The van der Waals surface area contributed by atoms with Crippen LogP contribution in [-0.4, -0.2) is 46.3 Å². The number of aryl methyl sites for hydroxylation is 1. The third kappa shape index (κ3) is 7.46. The number of nitrogens with zero attached hydrogens (tertiary/aromatic N) is 2. The maximum absolute atomic E-state index is 13.2. The Labute approximate surface area is 231 Å². The Bertz CT molecular complexity index is 1300. The lowest BCUT2D eigenvalue weighted by Crippen LogP contribution is -2.45. The van der Waals surface area contributed by atoms with Gasteiger partial charge in [0.05, 0.1) is 17.9 Å². The average molecular weight is 550 g/mol. The standard InChI is InChI=1S/C29H28ClN3O4S/c1-2-37-28(36)21-10-14-24(15-11-21)32-29-33(18-6-9-20-7-4-3-5-8-20)26(34)19-25(38-29)27(35)31-23-16-12-22(30)13-17-23/h3-5,7-8,10-17,25H,2,6,9,18-19H2,1H3,(H,31,35). The molecule has 1 aliphatic rings. The summed E-state index contributed by atoms with van der Waals surface area (Å²) in [4.78, 5) is 44.6. The molecule has 0 saturated carbocycles. The second-order valence-corrected chi connectivity index (χ2v) is 10.2. The van der Waals surface area contributed by atoms with Crippen LogP contribution in [0.3, 0.4) is 0 Å². The first-order valence-corrected chi connectivity index (χ1v) is 13.6. The molecule has 1 heterocycles. The summed E-state index contributed by atoms with van der Waals surface area (Å²) in [6.07, 6.45) is 1.63. The molecule has 196 valence electrons. The van der Waals surface area contributed by atoms with E-state index in [2.05, 4.69) is 17.4 Å². The maximum Gasteiger partial charge on any atom is 0.338 e. The molecule has 1 aliphatic heterocycles. The first kappa shape index (κ1) is 27.4. The summed E-state index contributed by atoms with van der Waals surface area (Å²) >= 11 is 7.20. The summed E-state index contributed by atoms with van der Waals surface area (Å²) in [5.41, 5.74) is 2.78. The number of amides is 2. The van der Waals surface area contributed by atoms with E-state index in [4.69, 9.17) is 21.3 Å². The first-order valence-electron chi connectivity index (χ1n) is 12.4. The van der Waals surface area contributed by atoms with Crippen LogP contribution < -0.4 is 5.32 Å². The van der Waals surface area contributed by atoms with Crippen molar-refractivity contribution < 1.29 is 19.1 Å². The Morgan fingerprint density at radius 2 is 1.76 bits per heavy atom. The van der Waals surface area contributed by atoms with Crippen molar-refractivity contribution in [1.29, 1.82) is 0 Å². The minimum absolute atomic E-state index is 0.0657. The molecule has 3 aromatic rings. The molecular weight excluding hydrogens is 522 g/mol. The van der Waals surface area contributed by atoms with Gasteiger partial charge in [-0.3, -0.25) is 14.5 Å². The summed E-state index contributed by atoms with van der Waals surface area (Å²) in [5.74, 6) is -0.842. The number of benzene rings is 3. The van der Waals surface area contributed by atoms with Crippen LogP contribution in [0.5, 0.6) is 0 Å². The number of aliphatic imine (C=N–C) groups is 1. The zero-order valence-corrected chi connectivity index (χ0v) is 22.5. The first-order chi connectivity index (χ1) is 18.4. The number of anilines is 1. The monoisotopic (exact) mass is 549 g/mol. The van der Waals surface area contributed by atoms with Crippen molar-refractivity contribution in [3.63, 3.8) is 0 Å². The van der Waals surface area contributed by atoms with E-state index in [1.54, 1.807) is 60.4 Å². The van der Waals surface area contributed by atoms with Crippen molar-refractivity contribution in [1.82, 2.24) is 4.90 Å². The number of carbonyl (C=O) groups is 3. The zero-order valence-electron chi connectivity index (χ0n) is 20.9. The van der Waals surface area contributed by atoms with Gasteiger partial charge in [0.2, 0.25) is 11.8 Å². The fraction of sp³-hybridized carbons (Fsp3) is 0.241. The predicted molar refractivity (Wildman–Crippen MR) is 152 cm³/mol. The van der Waals surface area contributed by atoms with Crippen LogP contribution in [0, 0.1) is 0 Å². The molecule has 0 bridgehead atoms. The van der Waals surface area contributed by atoms with Gasteiger partial charge in [-0.05, 0) is 73.9 Å². The summed E-state index contributed by atoms with van der Waals surface area (Å²) in [6.45, 7) is 2.52. The Hall–Kier alpha value is -3.62. The van der Waals surface area contributed by atoms with Gasteiger partial charge in [-0.2, -0.15) is 0 Å². The Morgan fingerprint density at radius 3 is 2.45 bits per heavy atom. The second kappa shape index (κ2) is 13.3. The number of rotatable bonds is 9. The zero-order chi connectivity index (χ0) is 26.9. The predicted octanol–water partition coefficient (Wildman–Crippen LogP) is 6.11. The molecule has 2 amide bonds. The van der Waals surface area contributed by atoms with E-state index in [1.165, 1.54) is 17.3 Å². The quantitative estimate of drug-likeness (QED) is 0.325. The van der Waals surface area contributed by atoms with Crippen LogP contribution in [0.4, 0.5) is 11.4 Å². The Morgan fingerprint density at radius 1 is 1.05 bits per heavy atom. The van der Waals surface area contributed by atoms with Crippen LogP contribution in [0.25, 0.3) is 0 Å². The summed E-state index contributed by atoms with van der Waals surface area (Å²) in [5, 5.41) is 3.24. The highest BCUT2D eigenvalue weighted by Crippen LogP contribution is 2.30. The van der Waals surface area contributed by atoms with E-state index in [9.17, 15) is 14.4 Å². The van der Waals surface area contributed by atoms with Gasteiger partial charge in [0.1, 0.15) is 5.25 Å². The molecule has 4 rings (SSSR count). The molecule has 1 N–H and O–H groups in total. The van der Waals surface area contributed by atoms with E-state index in [-0.39, 0.29) is 18.2 Å². The second-order valence-electron chi connectivity index (χ2n) is 8.60. The van der Waals surface area contributed by atoms with Gasteiger partial charge in [0.15, 0.2) is 5.17 Å². The van der Waals surface area contributed by atoms with E-state index < -0.39 is 11.2 Å². The van der Waals surface area contributed by atoms with Crippen molar-refractivity contribution in [2.75, 3.05) is 18.5 Å². The normalized spacial score (nSPS) is 16.4. The van der Waals surface area contributed by atoms with E-state index in [0.717, 1.165) is 12.8 Å². The van der Waals surface area contributed by atoms with Gasteiger partial charge in [0, 0.05) is 23.7 Å². The molecule has 0 spiro atoms. The molecule has 1 saturated heterocycles. The Balaban J connectivity index is 1.52. The highest BCUT2D eigenvalue weighted by atomic mass is 35.5. The largest absolute Gasteiger partial charge is 0.462 e. The number of hydrogen-bond acceptors (Lipinski definition) is 6. The molecule has 1 unspecified atom stereocenters. The van der Waals surface area contributed by atoms with Crippen molar-refractivity contribution in [2.45, 2.75) is 31.4 Å². The van der Waals surface area contributed by atoms with Gasteiger partial charge in [0.25, 0.3) is 0 Å². The van der Waals surface area contributed by atoms with Crippen molar-refractivity contribution in [2.24, 2.45) is 4.99 Å². The molecule has 0 radical (unpaired) electrons. The lowest BCUT2D eigenvalue weighted by atomic mass is 10.1. The van der Waals surface area contributed by atoms with Gasteiger partial charge >= 0.3 is 5.97 Å². The van der Waals surface area contributed by atoms with Crippen LogP contribution in [-0.2, 0) is 20.7 Å². The summed E-state index contributed by atoms with van der Waals surface area (Å²) in [6, 6.07) is 23.6. The summed E-state index contributed by atoms with van der Waals surface area (Å²) in [7, 11) is 0. The van der Waals surface area contributed by atoms with Crippen molar-refractivity contribution >= 4 is 57.7 Å². The van der Waals surface area contributed by atoms with Crippen LogP contribution >= 0.6 is 23.4 Å². The number of ether oxygens (including phenoxy) is 1. The SMILES string of the molecule is CCOC(=O)c1ccc(N=C2SC(C(=O)Nc3ccc(Cl)cc3)CC(=O)N2CCCc2ccccc2)cc1. The molecule has 7 nitrogen and oxygen atoms in total. The average Bonchev–Trinajstić information content (AvgIpc) is 2.92. The van der Waals surface area contributed by atoms with Crippen LogP contribution in [0.2, 0.25) is 5.02 Å². The topological polar surface area (TPSA) is 88.1 Å². The number of esters is 1. The third-order valence-electron chi connectivity index (χ3n) is 5.84. The van der Waals surface area contributed by atoms with E-state index in [1.807, 2.05) is 18.2 Å². The number of halogens is 1. The number of hydrogen-bond donors (Lipinski definition) is 1. The van der Waals surface area contributed by atoms with Crippen molar-refractivity contribution in [3.8, 4) is 0 Å². The lowest BCUT2D eigenvalue weighted by Gasteiger charge is -2.32. The number of nitrogens with one attached hydrogen (secondary N) is 1. The molecule has 0 aromatic heterocycles. The molecule has 1 atom stereocenters. The molecule has 38 heavy (non-hydrogen) atoms.